The van der Waals surface area contributed by atoms with Crippen LogP contribution in [0.25, 0.3) is 11.4 Å². The highest BCUT2D eigenvalue weighted by atomic mass is 16.5. The van der Waals surface area contributed by atoms with E-state index >= 15 is 0 Å². The maximum absolute atomic E-state index is 13.6. The first kappa shape index (κ1) is 26.5. The number of hydrogen-bond donors (Lipinski definition) is 1. The van der Waals surface area contributed by atoms with Crippen LogP contribution in [0.1, 0.15) is 22.9 Å². The molecular formula is C29H32N4O6. The molecule has 39 heavy (non-hydrogen) atoms. The lowest BCUT2D eigenvalue weighted by molar-refractivity contribution is -0.140. The molecule has 2 saturated heterocycles. The van der Waals surface area contributed by atoms with Crippen molar-refractivity contribution in [1.82, 2.24) is 19.6 Å². The molecule has 10 nitrogen and oxygen atoms in total. The molecule has 1 atom stereocenters. The van der Waals surface area contributed by atoms with Crippen LogP contribution in [0, 0.1) is 6.92 Å². The number of amides is 1. The lowest BCUT2D eigenvalue weighted by Crippen LogP contribution is -2.42. The monoisotopic (exact) mass is 532 g/mol. The first-order valence-corrected chi connectivity index (χ1v) is 12.9. The Labute approximate surface area is 227 Å². The summed E-state index contributed by atoms with van der Waals surface area (Å²) in [5, 5.41) is 16.1. The van der Waals surface area contributed by atoms with Crippen LogP contribution in [0.5, 0.6) is 11.5 Å². The smallest absolute Gasteiger partial charge is 0.295 e. The van der Waals surface area contributed by atoms with Gasteiger partial charge in [-0.1, -0.05) is 30.3 Å². The van der Waals surface area contributed by atoms with E-state index in [0.29, 0.717) is 48.1 Å². The molecule has 5 rings (SSSR count). The van der Waals surface area contributed by atoms with Crippen molar-refractivity contribution >= 4 is 17.4 Å². The minimum atomic E-state index is -0.879. The summed E-state index contributed by atoms with van der Waals surface area (Å²) < 4.78 is 18.3. The van der Waals surface area contributed by atoms with E-state index in [9.17, 15) is 14.7 Å². The largest absolute Gasteiger partial charge is 0.507 e. The molecule has 1 amide bonds. The van der Waals surface area contributed by atoms with Crippen molar-refractivity contribution < 1.29 is 28.9 Å². The maximum Gasteiger partial charge on any atom is 0.295 e. The van der Waals surface area contributed by atoms with Gasteiger partial charge in [0.25, 0.3) is 11.7 Å². The fraction of sp³-hybridized carbons (Fsp3) is 0.345. The number of carbonyl (C=O) groups excluding carboxylic acids is 2. The molecule has 2 aromatic carbocycles. The highest BCUT2D eigenvalue weighted by molar-refractivity contribution is 6.46. The van der Waals surface area contributed by atoms with Crippen molar-refractivity contribution in [1.29, 1.82) is 0 Å². The average Bonchev–Trinajstić information content (AvgIpc) is 3.48. The molecule has 3 aromatic rings. The van der Waals surface area contributed by atoms with E-state index in [2.05, 4.69) is 10.00 Å². The number of methoxy groups -OCH3 is 2. The summed E-state index contributed by atoms with van der Waals surface area (Å²) >= 11 is 0. The van der Waals surface area contributed by atoms with Crippen LogP contribution in [0.4, 0.5) is 0 Å². The minimum Gasteiger partial charge on any atom is -0.507 e. The quantitative estimate of drug-likeness (QED) is 0.268. The summed E-state index contributed by atoms with van der Waals surface area (Å²) in [6.45, 7) is 5.39. The van der Waals surface area contributed by atoms with Crippen molar-refractivity contribution in [2.45, 2.75) is 13.0 Å². The molecule has 0 radical (unpaired) electrons. The predicted molar refractivity (Wildman–Crippen MR) is 144 cm³/mol. The third-order valence-electron chi connectivity index (χ3n) is 7.29. The van der Waals surface area contributed by atoms with Gasteiger partial charge in [-0.3, -0.25) is 14.5 Å². The Morgan fingerprint density at radius 1 is 1.03 bits per heavy atom. The number of morpholine rings is 1. The van der Waals surface area contributed by atoms with E-state index in [1.807, 2.05) is 37.3 Å². The molecular weight excluding hydrogens is 500 g/mol. The Bertz CT molecular complexity index is 1390. The Morgan fingerprint density at radius 2 is 1.77 bits per heavy atom. The van der Waals surface area contributed by atoms with Gasteiger partial charge in [0.2, 0.25) is 0 Å². The maximum atomic E-state index is 13.6. The standard InChI is InChI=1S/C29H32N4O6/c1-19-22(18-30-33(19)20-8-5-4-6-9-20)26(34)24-25(21-10-7-11-23(37-2)28(21)38-3)32(29(36)27(24)35)13-12-31-14-16-39-17-15-31/h4-11,18,25,34H,12-17H2,1-3H3/b26-24-. The summed E-state index contributed by atoms with van der Waals surface area (Å²) in [6.07, 6.45) is 1.51. The number of aliphatic hydroxyl groups is 1. The van der Waals surface area contributed by atoms with Crippen LogP contribution in [0.2, 0.25) is 0 Å². The molecule has 0 aliphatic carbocycles. The number of ketones is 1. The second-order valence-corrected chi connectivity index (χ2v) is 9.42. The number of benzene rings is 2. The van der Waals surface area contributed by atoms with E-state index in [1.165, 1.54) is 25.3 Å². The highest BCUT2D eigenvalue weighted by Gasteiger charge is 2.47. The van der Waals surface area contributed by atoms with Crippen LogP contribution in [-0.2, 0) is 14.3 Å². The van der Waals surface area contributed by atoms with Crippen molar-refractivity contribution in [3.63, 3.8) is 0 Å². The van der Waals surface area contributed by atoms with E-state index < -0.39 is 17.7 Å². The Morgan fingerprint density at radius 3 is 2.46 bits per heavy atom. The lowest BCUT2D eigenvalue weighted by atomic mass is 9.94. The van der Waals surface area contributed by atoms with Gasteiger partial charge in [-0.25, -0.2) is 4.68 Å². The second-order valence-electron chi connectivity index (χ2n) is 9.42. The van der Waals surface area contributed by atoms with Gasteiger partial charge in [0.1, 0.15) is 5.76 Å². The molecule has 1 unspecified atom stereocenters. The molecule has 10 heteroatoms. The molecule has 0 saturated carbocycles. The fourth-order valence-corrected chi connectivity index (χ4v) is 5.25. The van der Waals surface area contributed by atoms with Crippen molar-refractivity contribution in [2.24, 2.45) is 0 Å². The normalized spacial score (nSPS) is 19.5. The number of likely N-dealkylation sites (tertiary alicyclic amines) is 1. The SMILES string of the molecule is COc1cccc(C2/C(=C(/O)c3cnn(-c4ccccc4)c3C)C(=O)C(=O)N2CCN2CCOCC2)c1OC. The van der Waals surface area contributed by atoms with E-state index in [-0.39, 0.29) is 17.9 Å². The topological polar surface area (TPSA) is 106 Å². The van der Waals surface area contributed by atoms with E-state index in [4.69, 9.17) is 14.2 Å². The number of aliphatic hydroxyl groups excluding tert-OH is 1. The number of nitrogens with zero attached hydrogens (tertiary/aromatic N) is 4. The van der Waals surface area contributed by atoms with Crippen LogP contribution < -0.4 is 9.47 Å². The molecule has 1 aromatic heterocycles. The number of Topliss-reactive ketones (excluding diaryl/α,β-unsaturated/α-hetero) is 1. The van der Waals surface area contributed by atoms with Crippen molar-refractivity contribution in [3.8, 4) is 17.2 Å². The molecule has 2 fully saturated rings. The number of rotatable bonds is 8. The zero-order valence-electron chi connectivity index (χ0n) is 22.3. The summed E-state index contributed by atoms with van der Waals surface area (Å²) in [5.74, 6) is -0.853. The Balaban J connectivity index is 1.62. The zero-order valence-corrected chi connectivity index (χ0v) is 22.3. The van der Waals surface area contributed by atoms with Gasteiger partial charge in [0.15, 0.2) is 11.5 Å². The number of carbonyl (C=O) groups is 2. The molecule has 3 heterocycles. The molecule has 2 aliphatic rings. The molecule has 0 bridgehead atoms. The predicted octanol–water partition coefficient (Wildman–Crippen LogP) is 2.95. The van der Waals surface area contributed by atoms with Gasteiger partial charge in [0.05, 0.1) is 62.2 Å². The molecule has 1 N–H and O–H groups in total. The Kier molecular flexibility index (Phi) is 7.67. The van der Waals surface area contributed by atoms with Gasteiger partial charge in [-0.15, -0.1) is 0 Å². The van der Waals surface area contributed by atoms with Crippen LogP contribution >= 0.6 is 0 Å². The second kappa shape index (κ2) is 11.3. The lowest BCUT2D eigenvalue weighted by Gasteiger charge is -2.31. The molecule has 0 spiro atoms. The summed E-state index contributed by atoms with van der Waals surface area (Å²) in [4.78, 5) is 30.7. The van der Waals surface area contributed by atoms with E-state index in [0.717, 1.165) is 18.8 Å². The van der Waals surface area contributed by atoms with Gasteiger partial charge < -0.3 is 24.2 Å². The highest BCUT2D eigenvalue weighted by Crippen LogP contribution is 2.45. The van der Waals surface area contributed by atoms with Crippen molar-refractivity contribution in [2.75, 3.05) is 53.6 Å². The number of para-hydroxylation sites is 2. The van der Waals surface area contributed by atoms with Gasteiger partial charge in [0, 0.05) is 31.7 Å². The van der Waals surface area contributed by atoms with Gasteiger partial charge >= 0.3 is 0 Å². The summed E-state index contributed by atoms with van der Waals surface area (Å²) in [5.41, 5.74) is 2.36. The van der Waals surface area contributed by atoms with Crippen molar-refractivity contribution in [3.05, 3.63) is 77.1 Å². The van der Waals surface area contributed by atoms with Crippen LogP contribution in [0.15, 0.2) is 60.3 Å². The minimum absolute atomic E-state index is 0.00996. The molecule has 2 aliphatic heterocycles. The van der Waals surface area contributed by atoms with Gasteiger partial charge in [-0.2, -0.15) is 5.10 Å². The summed E-state index contributed by atoms with van der Waals surface area (Å²) in [6, 6.07) is 13.9. The van der Waals surface area contributed by atoms with Crippen LogP contribution in [0.3, 0.4) is 0 Å². The molecule has 204 valence electrons. The first-order valence-electron chi connectivity index (χ1n) is 12.9. The summed E-state index contributed by atoms with van der Waals surface area (Å²) in [7, 11) is 3.04. The van der Waals surface area contributed by atoms with Gasteiger partial charge in [-0.05, 0) is 25.1 Å². The van der Waals surface area contributed by atoms with Crippen LogP contribution in [-0.4, -0.2) is 90.0 Å². The number of hydrogen-bond acceptors (Lipinski definition) is 8. The zero-order chi connectivity index (χ0) is 27.5. The number of aromatic nitrogens is 2. The Hall–Kier alpha value is -4.15. The fourth-order valence-electron chi connectivity index (χ4n) is 5.25. The third-order valence-corrected chi connectivity index (χ3v) is 7.29. The first-order chi connectivity index (χ1) is 19.0. The number of ether oxygens (including phenoxy) is 3. The third kappa shape index (κ3) is 4.88. The van der Waals surface area contributed by atoms with E-state index in [1.54, 1.807) is 22.9 Å². The average molecular weight is 533 g/mol.